The summed E-state index contributed by atoms with van der Waals surface area (Å²) in [7, 11) is 1.14. The summed E-state index contributed by atoms with van der Waals surface area (Å²) < 4.78 is 41.4. The van der Waals surface area contributed by atoms with Gasteiger partial charge in [-0.05, 0) is 24.6 Å². The predicted molar refractivity (Wildman–Crippen MR) is 64.9 cm³/mol. The van der Waals surface area contributed by atoms with Crippen molar-refractivity contribution >= 4 is 33.5 Å². The molecule has 0 atom stereocenters. The van der Waals surface area contributed by atoms with Crippen LogP contribution < -0.4 is 5.32 Å². The van der Waals surface area contributed by atoms with Gasteiger partial charge in [-0.2, -0.15) is 13.2 Å². The zero-order valence-electron chi connectivity index (χ0n) is 9.89. The predicted octanol–water partition coefficient (Wildman–Crippen LogP) is 3.04. The van der Waals surface area contributed by atoms with E-state index < -0.39 is 18.1 Å². The number of halogens is 4. The van der Waals surface area contributed by atoms with Crippen LogP contribution in [0.2, 0.25) is 0 Å². The minimum Gasteiger partial charge on any atom is -0.465 e. The van der Waals surface area contributed by atoms with Crippen molar-refractivity contribution in [1.29, 1.82) is 0 Å². The molecule has 0 spiro atoms. The number of carbonyl (C=O) groups is 2. The Morgan fingerprint density at radius 2 is 1.89 bits per heavy atom. The second-order valence-electron chi connectivity index (χ2n) is 3.57. The van der Waals surface area contributed by atoms with E-state index in [1.54, 1.807) is 5.32 Å². The second-order valence-corrected chi connectivity index (χ2v) is 4.43. The molecule has 104 valence electrons. The monoisotopic (exact) mass is 339 g/mol. The highest BCUT2D eigenvalue weighted by atomic mass is 79.9. The molecule has 0 unspecified atom stereocenters. The van der Waals surface area contributed by atoms with Gasteiger partial charge >= 0.3 is 18.1 Å². The molecule has 0 heterocycles. The Morgan fingerprint density at radius 1 is 1.32 bits per heavy atom. The van der Waals surface area contributed by atoms with Crippen LogP contribution in [0.15, 0.2) is 16.6 Å². The molecule has 0 saturated carbocycles. The van der Waals surface area contributed by atoms with Gasteiger partial charge < -0.3 is 10.1 Å². The van der Waals surface area contributed by atoms with Gasteiger partial charge in [-0.1, -0.05) is 15.9 Å². The molecule has 0 fully saturated rings. The number of nitrogens with one attached hydrogen (secondary N) is 1. The zero-order valence-corrected chi connectivity index (χ0v) is 11.5. The minimum absolute atomic E-state index is 0.0254. The summed E-state index contributed by atoms with van der Waals surface area (Å²) >= 11 is 3.09. The fraction of sp³-hybridized carbons (Fsp3) is 0.273. The first-order chi connectivity index (χ1) is 8.66. The van der Waals surface area contributed by atoms with Crippen molar-refractivity contribution in [2.75, 3.05) is 12.4 Å². The van der Waals surface area contributed by atoms with Crippen LogP contribution in [-0.2, 0) is 9.53 Å². The third-order valence-corrected chi connectivity index (χ3v) is 3.09. The van der Waals surface area contributed by atoms with Crippen LogP contribution in [-0.4, -0.2) is 25.2 Å². The van der Waals surface area contributed by atoms with E-state index in [4.69, 9.17) is 0 Å². The van der Waals surface area contributed by atoms with Gasteiger partial charge in [0.2, 0.25) is 0 Å². The number of alkyl halides is 3. The summed E-state index contributed by atoms with van der Waals surface area (Å²) in [5.41, 5.74) is 0.278. The van der Waals surface area contributed by atoms with Crippen LogP contribution in [0.1, 0.15) is 15.9 Å². The van der Waals surface area contributed by atoms with Crippen LogP contribution in [0, 0.1) is 6.92 Å². The van der Waals surface area contributed by atoms with Crippen LogP contribution in [0.25, 0.3) is 0 Å². The van der Waals surface area contributed by atoms with E-state index in [0.717, 1.165) is 13.2 Å². The van der Waals surface area contributed by atoms with E-state index in [9.17, 15) is 22.8 Å². The highest BCUT2D eigenvalue weighted by Gasteiger charge is 2.39. The summed E-state index contributed by atoms with van der Waals surface area (Å²) in [5, 5.41) is 1.71. The number of methoxy groups -OCH3 is 1. The Kier molecular flexibility index (Phi) is 4.56. The lowest BCUT2D eigenvalue weighted by Crippen LogP contribution is -2.30. The number of hydrogen-bond acceptors (Lipinski definition) is 3. The van der Waals surface area contributed by atoms with Crippen molar-refractivity contribution in [1.82, 2.24) is 0 Å². The van der Waals surface area contributed by atoms with E-state index in [1.165, 1.54) is 13.0 Å². The highest BCUT2D eigenvalue weighted by molar-refractivity contribution is 9.10. The summed E-state index contributed by atoms with van der Waals surface area (Å²) in [6, 6.07) is 2.51. The van der Waals surface area contributed by atoms with Crippen molar-refractivity contribution in [2.45, 2.75) is 13.1 Å². The first-order valence-electron chi connectivity index (χ1n) is 4.93. The molecular formula is C11H9BrF3NO3. The molecule has 1 amide bonds. The number of benzene rings is 1. The zero-order chi connectivity index (χ0) is 14.8. The van der Waals surface area contributed by atoms with Crippen molar-refractivity contribution in [3.05, 3.63) is 27.7 Å². The van der Waals surface area contributed by atoms with Gasteiger partial charge in [0.15, 0.2) is 0 Å². The quantitative estimate of drug-likeness (QED) is 0.842. The smallest absolute Gasteiger partial charge is 0.465 e. The Morgan fingerprint density at radius 3 is 2.37 bits per heavy atom. The fourth-order valence-corrected chi connectivity index (χ4v) is 1.70. The topological polar surface area (TPSA) is 55.4 Å². The number of carbonyl (C=O) groups excluding carboxylic acids is 2. The number of amides is 1. The van der Waals surface area contributed by atoms with Gasteiger partial charge in [-0.25, -0.2) is 4.79 Å². The highest BCUT2D eigenvalue weighted by Crippen LogP contribution is 2.28. The summed E-state index contributed by atoms with van der Waals surface area (Å²) in [6.07, 6.45) is -5.00. The van der Waals surface area contributed by atoms with Gasteiger partial charge in [-0.15, -0.1) is 0 Å². The van der Waals surface area contributed by atoms with E-state index in [-0.39, 0.29) is 11.3 Å². The number of ether oxygens (including phenoxy) is 1. The molecule has 19 heavy (non-hydrogen) atoms. The Balaban J connectivity index is 3.17. The Hall–Kier alpha value is -1.57. The van der Waals surface area contributed by atoms with Gasteiger partial charge in [0, 0.05) is 10.2 Å². The number of rotatable bonds is 2. The lowest BCUT2D eigenvalue weighted by molar-refractivity contribution is -0.167. The molecule has 1 N–H and O–H groups in total. The maximum absolute atomic E-state index is 12.2. The first-order valence-corrected chi connectivity index (χ1v) is 5.72. The third kappa shape index (κ3) is 3.69. The van der Waals surface area contributed by atoms with Crippen LogP contribution in [0.5, 0.6) is 0 Å². The normalized spacial score (nSPS) is 11.1. The van der Waals surface area contributed by atoms with Crippen molar-refractivity contribution in [2.24, 2.45) is 0 Å². The van der Waals surface area contributed by atoms with Crippen molar-refractivity contribution in [3.8, 4) is 0 Å². The van der Waals surface area contributed by atoms with Crippen molar-refractivity contribution in [3.63, 3.8) is 0 Å². The molecule has 4 nitrogen and oxygen atoms in total. The molecule has 1 rings (SSSR count). The molecule has 0 saturated heterocycles. The van der Waals surface area contributed by atoms with Crippen molar-refractivity contribution < 1.29 is 27.5 Å². The summed E-state index contributed by atoms with van der Waals surface area (Å²) in [6.45, 7) is 1.50. The molecule has 0 bridgehead atoms. The molecule has 0 aliphatic carbocycles. The Bertz CT molecular complexity index is 529. The Labute approximate surface area is 115 Å². The van der Waals surface area contributed by atoms with Gasteiger partial charge in [-0.3, -0.25) is 4.79 Å². The maximum Gasteiger partial charge on any atom is 0.471 e. The molecule has 0 aliphatic heterocycles. The van der Waals surface area contributed by atoms with Crippen LogP contribution >= 0.6 is 15.9 Å². The number of esters is 1. The maximum atomic E-state index is 12.2. The lowest BCUT2D eigenvalue weighted by Gasteiger charge is -2.13. The molecule has 0 aromatic heterocycles. The first kappa shape index (κ1) is 15.5. The van der Waals surface area contributed by atoms with Gasteiger partial charge in [0.1, 0.15) is 0 Å². The average Bonchev–Trinajstić information content (AvgIpc) is 2.32. The molecule has 1 aromatic carbocycles. The van der Waals surface area contributed by atoms with Crippen LogP contribution in [0.3, 0.4) is 0 Å². The summed E-state index contributed by atoms with van der Waals surface area (Å²) in [4.78, 5) is 22.2. The van der Waals surface area contributed by atoms with Gasteiger partial charge in [0.05, 0.1) is 12.7 Å². The average molecular weight is 340 g/mol. The standard InChI is InChI=1S/C11H9BrF3NO3/c1-5-7(12)3-6(9(17)19-2)4-8(5)16-10(18)11(13,14)15/h3-4H,1-2H3,(H,16,18). The van der Waals surface area contributed by atoms with E-state index >= 15 is 0 Å². The molecule has 8 heteroatoms. The number of anilines is 1. The fourth-order valence-electron chi connectivity index (χ4n) is 1.24. The van der Waals surface area contributed by atoms with E-state index in [1.807, 2.05) is 0 Å². The molecule has 0 aliphatic rings. The third-order valence-electron chi connectivity index (χ3n) is 2.27. The van der Waals surface area contributed by atoms with E-state index in [0.29, 0.717) is 10.0 Å². The lowest BCUT2D eigenvalue weighted by atomic mass is 10.1. The second kappa shape index (κ2) is 5.60. The SMILES string of the molecule is COC(=O)c1cc(Br)c(C)c(NC(=O)C(F)(F)F)c1. The number of hydrogen-bond donors (Lipinski definition) is 1. The molecule has 1 aromatic rings. The largest absolute Gasteiger partial charge is 0.471 e. The van der Waals surface area contributed by atoms with Crippen LogP contribution in [0.4, 0.5) is 18.9 Å². The minimum atomic E-state index is -5.00. The van der Waals surface area contributed by atoms with Gasteiger partial charge in [0.25, 0.3) is 0 Å². The molecular weight excluding hydrogens is 331 g/mol. The van der Waals surface area contributed by atoms with E-state index in [2.05, 4.69) is 20.7 Å². The summed E-state index contributed by atoms with van der Waals surface area (Å²) in [5.74, 6) is -2.83. The molecule has 0 radical (unpaired) electrons.